The van der Waals surface area contributed by atoms with Crippen molar-refractivity contribution in [2.24, 2.45) is 5.73 Å². The second-order valence-corrected chi connectivity index (χ2v) is 4.37. The molecule has 1 aliphatic heterocycles. The van der Waals surface area contributed by atoms with Gasteiger partial charge in [0.15, 0.2) is 0 Å². The molecule has 1 aromatic carbocycles. The minimum Gasteiger partial charge on any atom is -0.496 e. The molecule has 0 radical (unpaired) electrons. The molecule has 1 heterocycles. The highest BCUT2D eigenvalue weighted by atomic mass is 16.5. The standard InChI is InChI=1S/C13H17N3O3/c1-19-11-5-3-2-4-9(11)10(6-14)16-7-12(17)15-13(18)8-16/h2-5,10H,6-8,14H2,1H3,(H,15,17,18). The summed E-state index contributed by atoms with van der Waals surface area (Å²) in [6.07, 6.45) is 0. The molecule has 6 heteroatoms. The van der Waals surface area contributed by atoms with Gasteiger partial charge in [0.2, 0.25) is 11.8 Å². The molecule has 1 atom stereocenters. The van der Waals surface area contributed by atoms with E-state index in [0.29, 0.717) is 12.3 Å². The largest absolute Gasteiger partial charge is 0.496 e. The summed E-state index contributed by atoms with van der Waals surface area (Å²) in [5, 5.41) is 2.28. The van der Waals surface area contributed by atoms with E-state index in [1.165, 1.54) is 0 Å². The van der Waals surface area contributed by atoms with E-state index in [2.05, 4.69) is 5.32 Å². The van der Waals surface area contributed by atoms with Crippen LogP contribution in [0.15, 0.2) is 24.3 Å². The Morgan fingerprint density at radius 2 is 1.95 bits per heavy atom. The smallest absolute Gasteiger partial charge is 0.240 e. The van der Waals surface area contributed by atoms with Crippen LogP contribution in [-0.2, 0) is 9.59 Å². The van der Waals surface area contributed by atoms with E-state index in [1.54, 1.807) is 12.0 Å². The number of nitrogens with two attached hydrogens (primary N) is 1. The minimum atomic E-state index is -0.301. The normalized spacial score (nSPS) is 18.0. The summed E-state index contributed by atoms with van der Waals surface area (Å²) in [6.45, 7) is 0.623. The van der Waals surface area contributed by atoms with Gasteiger partial charge in [-0.05, 0) is 6.07 Å². The Morgan fingerprint density at radius 1 is 1.32 bits per heavy atom. The van der Waals surface area contributed by atoms with Gasteiger partial charge in [-0.1, -0.05) is 18.2 Å². The second-order valence-electron chi connectivity index (χ2n) is 4.37. The Bertz CT molecular complexity index is 474. The molecule has 1 fully saturated rings. The molecule has 0 saturated carbocycles. The molecule has 0 spiro atoms. The number of amides is 2. The minimum absolute atomic E-state index is 0.158. The lowest BCUT2D eigenvalue weighted by Crippen LogP contribution is -2.53. The van der Waals surface area contributed by atoms with Crippen LogP contribution in [0.25, 0.3) is 0 Å². The topological polar surface area (TPSA) is 84.7 Å². The average Bonchev–Trinajstić information content (AvgIpc) is 2.39. The van der Waals surface area contributed by atoms with Gasteiger partial charge in [-0.25, -0.2) is 0 Å². The Morgan fingerprint density at radius 3 is 2.53 bits per heavy atom. The lowest BCUT2D eigenvalue weighted by molar-refractivity contribution is -0.137. The van der Waals surface area contributed by atoms with Crippen LogP contribution in [0.1, 0.15) is 11.6 Å². The lowest BCUT2D eigenvalue weighted by Gasteiger charge is -2.33. The van der Waals surface area contributed by atoms with Crippen LogP contribution in [-0.4, -0.2) is 43.5 Å². The maximum Gasteiger partial charge on any atom is 0.240 e. The number of hydrogen-bond donors (Lipinski definition) is 2. The van der Waals surface area contributed by atoms with Crippen molar-refractivity contribution < 1.29 is 14.3 Å². The maximum absolute atomic E-state index is 11.4. The zero-order valence-electron chi connectivity index (χ0n) is 10.8. The van der Waals surface area contributed by atoms with E-state index in [-0.39, 0.29) is 30.9 Å². The van der Waals surface area contributed by atoms with E-state index in [0.717, 1.165) is 5.56 Å². The Hall–Kier alpha value is -1.92. The first-order chi connectivity index (χ1) is 9.15. The molecule has 0 aromatic heterocycles. The second kappa shape index (κ2) is 5.81. The van der Waals surface area contributed by atoms with Crippen molar-refractivity contribution in [2.45, 2.75) is 6.04 Å². The summed E-state index contributed by atoms with van der Waals surface area (Å²) in [7, 11) is 1.58. The Balaban J connectivity index is 2.28. The summed E-state index contributed by atoms with van der Waals surface area (Å²) in [4.78, 5) is 24.7. The number of para-hydroxylation sites is 1. The number of hydrogen-bond acceptors (Lipinski definition) is 5. The molecule has 6 nitrogen and oxygen atoms in total. The number of nitrogens with one attached hydrogen (secondary N) is 1. The first kappa shape index (κ1) is 13.5. The molecule has 3 N–H and O–H groups in total. The molecule has 1 aliphatic rings. The van der Waals surface area contributed by atoms with Crippen molar-refractivity contribution in [3.8, 4) is 5.75 Å². The number of methoxy groups -OCH3 is 1. The van der Waals surface area contributed by atoms with Crippen molar-refractivity contribution >= 4 is 11.8 Å². The first-order valence-corrected chi connectivity index (χ1v) is 6.05. The van der Waals surface area contributed by atoms with E-state index in [4.69, 9.17) is 10.5 Å². The molecule has 2 rings (SSSR count). The number of nitrogens with zero attached hydrogens (tertiary/aromatic N) is 1. The number of piperazine rings is 1. The van der Waals surface area contributed by atoms with Crippen LogP contribution in [0.3, 0.4) is 0 Å². The van der Waals surface area contributed by atoms with E-state index < -0.39 is 0 Å². The van der Waals surface area contributed by atoms with Gasteiger partial charge in [-0.2, -0.15) is 0 Å². The number of imide groups is 1. The lowest BCUT2D eigenvalue weighted by atomic mass is 10.0. The van der Waals surface area contributed by atoms with E-state index in [9.17, 15) is 9.59 Å². The van der Waals surface area contributed by atoms with Gasteiger partial charge in [-0.3, -0.25) is 19.8 Å². The zero-order chi connectivity index (χ0) is 13.8. The molecule has 1 aromatic rings. The van der Waals surface area contributed by atoms with E-state index >= 15 is 0 Å². The Kier molecular flexibility index (Phi) is 4.13. The fourth-order valence-electron chi connectivity index (χ4n) is 2.29. The van der Waals surface area contributed by atoms with Crippen LogP contribution >= 0.6 is 0 Å². The van der Waals surface area contributed by atoms with Crippen molar-refractivity contribution in [1.82, 2.24) is 10.2 Å². The summed E-state index contributed by atoms with van der Waals surface area (Å²) < 4.78 is 5.30. The summed E-state index contributed by atoms with van der Waals surface area (Å²) in [5.74, 6) is 0.102. The van der Waals surface area contributed by atoms with Crippen LogP contribution in [0.4, 0.5) is 0 Å². The molecule has 0 aliphatic carbocycles. The number of carbonyl (C=O) groups excluding carboxylic acids is 2. The van der Waals surface area contributed by atoms with Gasteiger partial charge in [0.05, 0.1) is 26.2 Å². The van der Waals surface area contributed by atoms with Crippen molar-refractivity contribution in [3.63, 3.8) is 0 Å². The Labute approximate surface area is 111 Å². The van der Waals surface area contributed by atoms with Gasteiger partial charge in [0.25, 0.3) is 0 Å². The molecule has 1 saturated heterocycles. The van der Waals surface area contributed by atoms with Crippen LogP contribution in [0.5, 0.6) is 5.75 Å². The predicted octanol–water partition coefficient (Wildman–Crippen LogP) is -0.347. The van der Waals surface area contributed by atoms with Crippen LogP contribution in [0, 0.1) is 0 Å². The number of rotatable bonds is 4. The highest BCUT2D eigenvalue weighted by Crippen LogP contribution is 2.28. The predicted molar refractivity (Wildman–Crippen MR) is 69.5 cm³/mol. The average molecular weight is 263 g/mol. The third-order valence-electron chi connectivity index (χ3n) is 3.13. The van der Waals surface area contributed by atoms with Crippen molar-refractivity contribution in [2.75, 3.05) is 26.7 Å². The molecule has 0 bridgehead atoms. The highest BCUT2D eigenvalue weighted by Gasteiger charge is 2.29. The fourth-order valence-corrected chi connectivity index (χ4v) is 2.29. The fraction of sp³-hybridized carbons (Fsp3) is 0.385. The van der Waals surface area contributed by atoms with Crippen molar-refractivity contribution in [3.05, 3.63) is 29.8 Å². The van der Waals surface area contributed by atoms with Gasteiger partial charge in [0.1, 0.15) is 5.75 Å². The molecule has 1 unspecified atom stereocenters. The van der Waals surface area contributed by atoms with Crippen LogP contribution in [0.2, 0.25) is 0 Å². The van der Waals surface area contributed by atoms with Gasteiger partial charge < -0.3 is 10.5 Å². The monoisotopic (exact) mass is 263 g/mol. The van der Waals surface area contributed by atoms with Gasteiger partial charge in [0, 0.05) is 12.1 Å². The van der Waals surface area contributed by atoms with Crippen molar-refractivity contribution in [1.29, 1.82) is 0 Å². The summed E-state index contributed by atoms with van der Waals surface area (Å²) >= 11 is 0. The zero-order valence-corrected chi connectivity index (χ0v) is 10.8. The summed E-state index contributed by atoms with van der Waals surface area (Å²) in [6, 6.07) is 7.26. The SMILES string of the molecule is COc1ccccc1C(CN)N1CC(=O)NC(=O)C1. The van der Waals surface area contributed by atoms with Crippen LogP contribution < -0.4 is 15.8 Å². The number of carbonyl (C=O) groups is 2. The summed E-state index contributed by atoms with van der Waals surface area (Å²) in [5.41, 5.74) is 6.69. The third-order valence-corrected chi connectivity index (χ3v) is 3.13. The molecular weight excluding hydrogens is 246 g/mol. The first-order valence-electron chi connectivity index (χ1n) is 6.05. The number of benzene rings is 1. The molecule has 2 amide bonds. The van der Waals surface area contributed by atoms with Gasteiger partial charge in [-0.15, -0.1) is 0 Å². The maximum atomic E-state index is 11.4. The van der Waals surface area contributed by atoms with Gasteiger partial charge >= 0.3 is 0 Å². The quantitative estimate of drug-likeness (QED) is 0.726. The third kappa shape index (κ3) is 2.91. The highest BCUT2D eigenvalue weighted by molar-refractivity contribution is 5.99. The molecular formula is C13H17N3O3. The van der Waals surface area contributed by atoms with E-state index in [1.807, 2.05) is 24.3 Å². The molecule has 19 heavy (non-hydrogen) atoms. The molecule has 102 valence electrons. The number of ether oxygens (including phenoxy) is 1.